The van der Waals surface area contributed by atoms with Gasteiger partial charge < -0.3 is 24.3 Å². The molecule has 0 saturated heterocycles. The highest BCUT2D eigenvalue weighted by Crippen LogP contribution is 2.33. The fourth-order valence-corrected chi connectivity index (χ4v) is 4.04. The minimum absolute atomic E-state index is 0.0251. The van der Waals surface area contributed by atoms with Crippen LogP contribution in [-0.2, 0) is 39.8 Å². The molecule has 1 aliphatic carbocycles. The van der Waals surface area contributed by atoms with Crippen molar-refractivity contribution in [3.63, 3.8) is 0 Å². The number of nitrogens with one attached hydrogen (secondary N) is 1. The Morgan fingerprint density at radius 1 is 0.921 bits per heavy atom. The van der Waals surface area contributed by atoms with E-state index in [4.69, 9.17) is 18.9 Å². The maximum absolute atomic E-state index is 13.3. The number of carbonyl (C=O) groups is 4. The Labute approximate surface area is 225 Å². The number of ether oxygens (including phenoxy) is 4. The molecule has 1 aliphatic rings. The molecule has 1 fully saturated rings. The first kappa shape index (κ1) is 31.6. The van der Waals surface area contributed by atoms with Crippen molar-refractivity contribution in [2.24, 2.45) is 17.8 Å². The zero-order valence-electron chi connectivity index (χ0n) is 22.9. The van der Waals surface area contributed by atoms with Gasteiger partial charge in [-0.15, -0.1) is 0 Å². The molecule has 1 N–H and O–H groups in total. The Kier molecular flexibility index (Phi) is 14.8. The summed E-state index contributed by atoms with van der Waals surface area (Å²) in [6.07, 6.45) is 2.04. The van der Waals surface area contributed by atoms with Crippen LogP contribution in [0, 0.1) is 17.8 Å². The summed E-state index contributed by atoms with van der Waals surface area (Å²) in [5.74, 6) is -1.54. The monoisotopic (exact) mass is 533 g/mol. The second-order valence-electron chi connectivity index (χ2n) is 10.2. The highest BCUT2D eigenvalue weighted by Gasteiger charge is 2.34. The second-order valence-corrected chi connectivity index (χ2v) is 10.2. The Hall–Kier alpha value is -2.62. The van der Waals surface area contributed by atoms with Gasteiger partial charge in [0.15, 0.2) is 11.6 Å². The van der Waals surface area contributed by atoms with E-state index in [2.05, 4.69) is 5.32 Å². The van der Waals surface area contributed by atoms with Gasteiger partial charge in [-0.3, -0.25) is 14.4 Å². The Bertz CT molecular complexity index is 869. The lowest BCUT2D eigenvalue weighted by Gasteiger charge is -2.22. The number of rotatable bonds is 21. The van der Waals surface area contributed by atoms with Crippen molar-refractivity contribution in [2.75, 3.05) is 46.8 Å². The Balaban J connectivity index is 1.89. The van der Waals surface area contributed by atoms with Crippen LogP contribution in [-0.4, -0.2) is 76.2 Å². The molecule has 38 heavy (non-hydrogen) atoms. The van der Waals surface area contributed by atoms with Crippen molar-refractivity contribution in [3.8, 4) is 0 Å². The van der Waals surface area contributed by atoms with Crippen LogP contribution in [0.3, 0.4) is 0 Å². The third-order valence-electron chi connectivity index (χ3n) is 6.24. The van der Waals surface area contributed by atoms with E-state index in [-0.39, 0.29) is 43.7 Å². The lowest BCUT2D eigenvalue weighted by atomic mass is 9.85. The SMILES string of the molecule is COCCOCCOCCOC(=O)N[C@@H](CC(C)C)C(=O)C[C@@H](Cc1ccccc1)C(=O)C(=O)CC1CC1. The minimum Gasteiger partial charge on any atom is -0.447 e. The quantitative estimate of drug-likeness (QED) is 0.188. The number of alkyl carbamates (subject to hydrolysis) is 1. The summed E-state index contributed by atoms with van der Waals surface area (Å²) < 4.78 is 20.7. The predicted octanol–water partition coefficient (Wildman–Crippen LogP) is 3.56. The first-order valence-corrected chi connectivity index (χ1v) is 13.5. The van der Waals surface area contributed by atoms with Gasteiger partial charge in [-0.1, -0.05) is 44.2 Å². The Morgan fingerprint density at radius 2 is 1.55 bits per heavy atom. The standard InChI is InChI=1S/C29H43NO8/c1-21(2)17-25(30-29(34)38-16-15-37-14-13-36-12-11-35-3)26(31)20-24(18-22-7-5-4-6-8-22)28(33)27(32)19-23-9-10-23/h4-8,21,23-25H,9-20H2,1-3H3,(H,30,34)/t24-,25+/m1/s1. The molecule has 0 spiro atoms. The van der Waals surface area contributed by atoms with E-state index in [0.29, 0.717) is 39.3 Å². The normalized spacial score (nSPS) is 14.6. The van der Waals surface area contributed by atoms with E-state index in [0.717, 1.165) is 18.4 Å². The zero-order valence-corrected chi connectivity index (χ0v) is 22.9. The van der Waals surface area contributed by atoms with Gasteiger partial charge in [0.25, 0.3) is 0 Å². The minimum atomic E-state index is -0.817. The molecule has 0 aromatic heterocycles. The summed E-state index contributed by atoms with van der Waals surface area (Å²) in [5, 5.41) is 2.65. The molecular weight excluding hydrogens is 490 g/mol. The molecule has 1 aromatic rings. The van der Waals surface area contributed by atoms with Crippen LogP contribution in [0.1, 0.15) is 51.5 Å². The molecule has 1 aromatic carbocycles. The van der Waals surface area contributed by atoms with E-state index in [1.54, 1.807) is 7.11 Å². The number of ketones is 3. The van der Waals surface area contributed by atoms with Crippen LogP contribution in [0.25, 0.3) is 0 Å². The molecule has 2 rings (SSSR count). The average molecular weight is 534 g/mol. The zero-order chi connectivity index (χ0) is 27.8. The van der Waals surface area contributed by atoms with Crippen LogP contribution in [0.15, 0.2) is 30.3 Å². The third-order valence-corrected chi connectivity index (χ3v) is 6.24. The summed E-state index contributed by atoms with van der Waals surface area (Å²) in [5.41, 5.74) is 0.884. The summed E-state index contributed by atoms with van der Waals surface area (Å²) in [4.78, 5) is 51.4. The van der Waals surface area contributed by atoms with Crippen molar-refractivity contribution >= 4 is 23.4 Å². The summed E-state index contributed by atoms with van der Waals surface area (Å²) in [7, 11) is 1.60. The molecule has 0 bridgehead atoms. The molecule has 0 aliphatic heterocycles. The molecule has 1 amide bonds. The van der Waals surface area contributed by atoms with Crippen LogP contribution in [0.4, 0.5) is 4.79 Å². The second kappa shape index (κ2) is 17.8. The molecule has 0 radical (unpaired) electrons. The van der Waals surface area contributed by atoms with Crippen LogP contribution in [0.2, 0.25) is 0 Å². The average Bonchev–Trinajstić information content (AvgIpc) is 3.70. The van der Waals surface area contributed by atoms with Gasteiger partial charge in [0, 0.05) is 25.9 Å². The fourth-order valence-electron chi connectivity index (χ4n) is 4.04. The lowest BCUT2D eigenvalue weighted by Crippen LogP contribution is -2.43. The Morgan fingerprint density at radius 3 is 2.16 bits per heavy atom. The largest absolute Gasteiger partial charge is 0.447 e. The van der Waals surface area contributed by atoms with E-state index in [1.165, 1.54) is 0 Å². The van der Waals surface area contributed by atoms with Crippen molar-refractivity contribution in [3.05, 3.63) is 35.9 Å². The smallest absolute Gasteiger partial charge is 0.407 e. The van der Waals surface area contributed by atoms with Gasteiger partial charge in [-0.05, 0) is 43.1 Å². The third kappa shape index (κ3) is 13.3. The number of carbonyl (C=O) groups excluding carboxylic acids is 4. The first-order chi connectivity index (χ1) is 18.3. The van der Waals surface area contributed by atoms with E-state index >= 15 is 0 Å². The molecule has 9 heteroatoms. The van der Waals surface area contributed by atoms with Gasteiger partial charge in [-0.2, -0.15) is 0 Å². The first-order valence-electron chi connectivity index (χ1n) is 13.5. The highest BCUT2D eigenvalue weighted by atomic mass is 16.6. The molecule has 2 atom stereocenters. The van der Waals surface area contributed by atoms with Gasteiger partial charge >= 0.3 is 6.09 Å². The number of hydrogen-bond acceptors (Lipinski definition) is 8. The molecule has 0 heterocycles. The van der Waals surface area contributed by atoms with Gasteiger partial charge in [0.2, 0.25) is 5.78 Å². The summed E-state index contributed by atoms with van der Waals surface area (Å²) in [6, 6.07) is 8.54. The highest BCUT2D eigenvalue weighted by molar-refractivity contribution is 6.38. The maximum atomic E-state index is 13.3. The molecule has 0 unspecified atom stereocenters. The number of hydrogen-bond donors (Lipinski definition) is 1. The van der Waals surface area contributed by atoms with Crippen molar-refractivity contribution in [1.29, 1.82) is 0 Å². The number of amides is 1. The van der Waals surface area contributed by atoms with Crippen molar-refractivity contribution in [1.82, 2.24) is 5.32 Å². The molecular formula is C29H43NO8. The van der Waals surface area contributed by atoms with Crippen LogP contribution < -0.4 is 5.32 Å². The summed E-state index contributed by atoms with van der Waals surface area (Å²) >= 11 is 0. The number of benzene rings is 1. The van der Waals surface area contributed by atoms with Crippen LogP contribution >= 0.6 is 0 Å². The van der Waals surface area contributed by atoms with E-state index < -0.39 is 29.6 Å². The molecule has 9 nitrogen and oxygen atoms in total. The number of methoxy groups -OCH3 is 1. The van der Waals surface area contributed by atoms with E-state index in [1.807, 2.05) is 44.2 Å². The van der Waals surface area contributed by atoms with Crippen LogP contribution in [0.5, 0.6) is 0 Å². The fraction of sp³-hybridized carbons (Fsp3) is 0.655. The molecule has 1 saturated carbocycles. The predicted molar refractivity (Wildman–Crippen MR) is 142 cm³/mol. The maximum Gasteiger partial charge on any atom is 0.407 e. The topological polar surface area (TPSA) is 117 Å². The number of Topliss-reactive ketones (excluding diaryl/α,β-unsaturated/α-hetero) is 3. The van der Waals surface area contributed by atoms with Crippen molar-refractivity contribution in [2.45, 2.75) is 58.4 Å². The summed E-state index contributed by atoms with van der Waals surface area (Å²) in [6.45, 7) is 5.88. The van der Waals surface area contributed by atoms with E-state index in [9.17, 15) is 19.2 Å². The van der Waals surface area contributed by atoms with Gasteiger partial charge in [0.1, 0.15) is 6.61 Å². The van der Waals surface area contributed by atoms with Crippen molar-refractivity contribution < 1.29 is 38.1 Å². The van der Waals surface area contributed by atoms with Gasteiger partial charge in [0.05, 0.1) is 39.1 Å². The lowest BCUT2D eigenvalue weighted by molar-refractivity contribution is -0.140. The molecule has 212 valence electrons. The van der Waals surface area contributed by atoms with Gasteiger partial charge in [-0.25, -0.2) is 4.79 Å².